The van der Waals surface area contributed by atoms with E-state index >= 15 is 0 Å². The first kappa shape index (κ1) is 12.9. The van der Waals surface area contributed by atoms with Gasteiger partial charge in [-0.3, -0.25) is 0 Å². The minimum Gasteiger partial charge on any atom is -0.378 e. The van der Waals surface area contributed by atoms with Crippen LogP contribution >= 0.6 is 38.9 Å². The Bertz CT molecular complexity index is 323. The number of alkyl halides is 1. The first-order chi connectivity index (χ1) is 7.75. The molecular weight excluding hydrogens is 308 g/mol. The molecule has 1 aromatic heterocycles. The number of thiophene rings is 1. The Balaban J connectivity index is 1.76. The highest BCUT2D eigenvalue weighted by molar-refractivity contribution is 9.09. The molecule has 0 spiro atoms. The summed E-state index contributed by atoms with van der Waals surface area (Å²) >= 11 is 11.3. The van der Waals surface area contributed by atoms with Gasteiger partial charge in [-0.05, 0) is 44.2 Å². The lowest BCUT2D eigenvalue weighted by molar-refractivity contribution is 0.0102. The van der Waals surface area contributed by atoms with Gasteiger partial charge < -0.3 is 4.74 Å². The molecule has 1 fully saturated rings. The number of halogens is 2. The van der Waals surface area contributed by atoms with Crippen LogP contribution in [0.15, 0.2) is 12.1 Å². The van der Waals surface area contributed by atoms with E-state index in [1.807, 2.05) is 6.07 Å². The molecule has 0 N–H and O–H groups in total. The van der Waals surface area contributed by atoms with Crippen LogP contribution in [0.2, 0.25) is 4.34 Å². The van der Waals surface area contributed by atoms with Crippen LogP contribution in [0.25, 0.3) is 0 Å². The molecule has 0 bridgehead atoms. The summed E-state index contributed by atoms with van der Waals surface area (Å²) in [6.45, 7) is 0.947. The third-order valence-electron chi connectivity index (χ3n) is 2.92. The van der Waals surface area contributed by atoms with Crippen LogP contribution in [0.3, 0.4) is 0 Å². The minimum atomic E-state index is 0.426. The predicted octanol–water partition coefficient (Wildman–Crippen LogP) is 5.19. The summed E-state index contributed by atoms with van der Waals surface area (Å²) in [7, 11) is 0. The van der Waals surface area contributed by atoms with Crippen LogP contribution in [0, 0.1) is 0 Å². The van der Waals surface area contributed by atoms with Gasteiger partial charge in [0.05, 0.1) is 10.4 Å². The molecule has 0 aromatic carbocycles. The highest BCUT2D eigenvalue weighted by Crippen LogP contribution is 2.36. The van der Waals surface area contributed by atoms with Crippen LogP contribution in [0.5, 0.6) is 0 Å². The molecular formula is C12H16BrClOS. The highest BCUT2D eigenvalue weighted by atomic mass is 79.9. The van der Waals surface area contributed by atoms with Gasteiger partial charge in [0, 0.05) is 16.3 Å². The molecule has 4 heteroatoms. The summed E-state index contributed by atoms with van der Waals surface area (Å²) in [5.74, 6) is 0. The maximum absolute atomic E-state index is 5.93. The summed E-state index contributed by atoms with van der Waals surface area (Å²) in [5.41, 5.74) is 0. The smallest absolute Gasteiger partial charge is 0.0931 e. The summed E-state index contributed by atoms with van der Waals surface area (Å²) in [6.07, 6.45) is 6.53. The SMILES string of the molecule is Clc1ccc(C(Br)CCC2CCCCO2)s1. The van der Waals surface area contributed by atoms with Gasteiger partial charge in [0.1, 0.15) is 0 Å². The Morgan fingerprint density at radius 3 is 3.00 bits per heavy atom. The number of rotatable bonds is 4. The average Bonchev–Trinajstić information content (AvgIpc) is 2.74. The van der Waals surface area contributed by atoms with E-state index in [1.54, 1.807) is 11.3 Å². The fourth-order valence-corrected chi connectivity index (χ4v) is 3.78. The maximum atomic E-state index is 5.93. The fraction of sp³-hybridized carbons (Fsp3) is 0.667. The van der Waals surface area contributed by atoms with Gasteiger partial charge in [-0.15, -0.1) is 11.3 Å². The summed E-state index contributed by atoms with van der Waals surface area (Å²) in [6, 6.07) is 4.07. The Kier molecular flexibility index (Phi) is 5.14. The van der Waals surface area contributed by atoms with Crippen molar-refractivity contribution in [1.82, 2.24) is 0 Å². The molecule has 2 heterocycles. The van der Waals surface area contributed by atoms with Crippen molar-refractivity contribution in [2.75, 3.05) is 6.61 Å². The zero-order valence-electron chi connectivity index (χ0n) is 9.12. The molecule has 1 aromatic rings. The van der Waals surface area contributed by atoms with Crippen LogP contribution < -0.4 is 0 Å². The number of hydrogen-bond donors (Lipinski definition) is 0. The van der Waals surface area contributed by atoms with Crippen LogP contribution in [0.1, 0.15) is 41.8 Å². The van der Waals surface area contributed by atoms with Crippen molar-refractivity contribution in [3.63, 3.8) is 0 Å². The van der Waals surface area contributed by atoms with E-state index < -0.39 is 0 Å². The van der Waals surface area contributed by atoms with Crippen LogP contribution in [-0.2, 0) is 4.74 Å². The average molecular weight is 324 g/mol. The van der Waals surface area contributed by atoms with Gasteiger partial charge in [0.2, 0.25) is 0 Å². The summed E-state index contributed by atoms with van der Waals surface area (Å²) in [4.78, 5) is 1.75. The summed E-state index contributed by atoms with van der Waals surface area (Å²) < 4.78 is 6.59. The quantitative estimate of drug-likeness (QED) is 0.693. The molecule has 16 heavy (non-hydrogen) atoms. The second-order valence-electron chi connectivity index (χ2n) is 4.18. The van der Waals surface area contributed by atoms with Crippen LogP contribution in [0.4, 0.5) is 0 Å². The van der Waals surface area contributed by atoms with Crippen molar-refractivity contribution in [1.29, 1.82) is 0 Å². The Morgan fingerprint density at radius 1 is 1.50 bits per heavy atom. The van der Waals surface area contributed by atoms with Gasteiger partial charge in [-0.1, -0.05) is 27.5 Å². The predicted molar refractivity (Wildman–Crippen MR) is 73.8 cm³/mol. The molecule has 2 atom stereocenters. The molecule has 1 aliphatic heterocycles. The molecule has 0 saturated carbocycles. The third kappa shape index (κ3) is 3.73. The molecule has 90 valence electrons. The fourth-order valence-electron chi connectivity index (χ4n) is 2.01. The first-order valence-electron chi connectivity index (χ1n) is 5.76. The molecule has 0 amide bonds. The van der Waals surface area contributed by atoms with Crippen molar-refractivity contribution in [3.8, 4) is 0 Å². The van der Waals surface area contributed by atoms with E-state index in [1.165, 1.54) is 24.1 Å². The van der Waals surface area contributed by atoms with Crippen molar-refractivity contribution in [2.45, 2.75) is 43.0 Å². The van der Waals surface area contributed by atoms with Crippen molar-refractivity contribution in [3.05, 3.63) is 21.3 Å². The first-order valence-corrected chi connectivity index (χ1v) is 7.87. The summed E-state index contributed by atoms with van der Waals surface area (Å²) in [5, 5.41) is 0. The third-order valence-corrected chi connectivity index (χ3v) is 5.52. The lowest BCUT2D eigenvalue weighted by atomic mass is 10.0. The zero-order valence-corrected chi connectivity index (χ0v) is 12.3. The van der Waals surface area contributed by atoms with Gasteiger partial charge in [-0.25, -0.2) is 0 Å². The Morgan fingerprint density at radius 2 is 2.38 bits per heavy atom. The molecule has 2 rings (SSSR count). The zero-order chi connectivity index (χ0) is 11.4. The largest absolute Gasteiger partial charge is 0.378 e. The van der Waals surface area contributed by atoms with Crippen molar-refractivity contribution >= 4 is 38.9 Å². The van der Waals surface area contributed by atoms with Crippen LogP contribution in [-0.4, -0.2) is 12.7 Å². The van der Waals surface area contributed by atoms with Gasteiger partial charge >= 0.3 is 0 Å². The van der Waals surface area contributed by atoms with E-state index in [-0.39, 0.29) is 0 Å². The normalized spacial score (nSPS) is 23.2. The van der Waals surface area contributed by atoms with Crippen molar-refractivity contribution in [2.24, 2.45) is 0 Å². The topological polar surface area (TPSA) is 9.23 Å². The van der Waals surface area contributed by atoms with Crippen molar-refractivity contribution < 1.29 is 4.74 Å². The second-order valence-corrected chi connectivity index (χ2v) is 7.03. The molecule has 1 aliphatic rings. The van der Waals surface area contributed by atoms with E-state index in [2.05, 4.69) is 22.0 Å². The van der Waals surface area contributed by atoms with E-state index in [0.29, 0.717) is 10.9 Å². The Hall–Kier alpha value is 0.430. The molecule has 2 unspecified atom stereocenters. The standard InChI is InChI=1S/C12H16BrClOS/c13-10(11-6-7-12(14)16-11)5-4-9-3-1-2-8-15-9/h6-7,9-10H,1-5,8H2. The molecule has 0 aliphatic carbocycles. The maximum Gasteiger partial charge on any atom is 0.0931 e. The lowest BCUT2D eigenvalue weighted by Crippen LogP contribution is -2.19. The Labute approximate surface area is 114 Å². The van der Waals surface area contributed by atoms with E-state index in [0.717, 1.165) is 23.8 Å². The second kappa shape index (κ2) is 6.39. The lowest BCUT2D eigenvalue weighted by Gasteiger charge is -2.23. The van der Waals surface area contributed by atoms with Gasteiger partial charge in [-0.2, -0.15) is 0 Å². The van der Waals surface area contributed by atoms with E-state index in [9.17, 15) is 0 Å². The minimum absolute atomic E-state index is 0.426. The monoisotopic (exact) mass is 322 g/mol. The highest BCUT2D eigenvalue weighted by Gasteiger charge is 2.17. The molecule has 1 nitrogen and oxygen atoms in total. The number of hydrogen-bond acceptors (Lipinski definition) is 2. The van der Waals surface area contributed by atoms with E-state index in [4.69, 9.17) is 16.3 Å². The van der Waals surface area contributed by atoms with Gasteiger partial charge in [0.25, 0.3) is 0 Å². The molecule has 0 radical (unpaired) electrons. The van der Waals surface area contributed by atoms with Gasteiger partial charge in [0.15, 0.2) is 0 Å². The number of ether oxygens (including phenoxy) is 1. The molecule has 1 saturated heterocycles.